The molecule has 3 nitrogen and oxygen atoms in total. The van der Waals surface area contributed by atoms with Crippen LogP contribution in [-0.4, -0.2) is 10.2 Å². The molecule has 2 N–H and O–H groups in total. The first kappa shape index (κ1) is 8.30. The third-order valence-corrected chi connectivity index (χ3v) is 1.51. The molecule has 0 saturated heterocycles. The van der Waals surface area contributed by atoms with E-state index in [9.17, 15) is 4.79 Å². The summed E-state index contributed by atoms with van der Waals surface area (Å²) in [4.78, 5) is 14.2. The lowest BCUT2D eigenvalue weighted by molar-refractivity contribution is 0.108. The second kappa shape index (κ2) is 3.07. The second-order valence-corrected chi connectivity index (χ2v) is 2.64. The summed E-state index contributed by atoms with van der Waals surface area (Å²) in [7, 11) is 0. The van der Waals surface area contributed by atoms with Crippen LogP contribution in [0, 0.1) is 0 Å². The summed E-state index contributed by atoms with van der Waals surface area (Å²) < 4.78 is 0. The number of nitrogen functional groups attached to an aromatic ring is 1. The molecule has 1 heterocycles. The van der Waals surface area contributed by atoms with E-state index in [-0.39, 0.29) is 11.4 Å². The Bertz CT molecular complexity index is 301. The third kappa shape index (κ3) is 1.82. The minimum atomic E-state index is -0.655. The van der Waals surface area contributed by atoms with E-state index in [1.165, 1.54) is 12.3 Å². The van der Waals surface area contributed by atoms with Gasteiger partial charge in [0.2, 0.25) is 0 Å². The molecule has 0 aliphatic rings. The van der Waals surface area contributed by atoms with E-state index >= 15 is 0 Å². The Kier molecular flexibility index (Phi) is 2.31. The second-order valence-electron chi connectivity index (χ2n) is 1.86. The van der Waals surface area contributed by atoms with Gasteiger partial charge in [0.15, 0.2) is 0 Å². The predicted molar refractivity (Wildman–Crippen MR) is 43.8 cm³/mol. The van der Waals surface area contributed by atoms with Crippen LogP contribution in [0.3, 0.4) is 0 Å². The maximum atomic E-state index is 10.6. The lowest BCUT2D eigenvalue weighted by Crippen LogP contribution is -1.99. The van der Waals surface area contributed by atoms with Crippen LogP contribution in [0.1, 0.15) is 10.4 Å². The first-order valence-corrected chi connectivity index (χ1v) is 3.47. The molecular formula is C6H4Cl2N2O. The molecular weight excluding hydrogens is 187 g/mol. The summed E-state index contributed by atoms with van der Waals surface area (Å²) in [5.74, 6) is 0.0920. The summed E-state index contributed by atoms with van der Waals surface area (Å²) in [5.41, 5.74) is 5.45. The SMILES string of the molecule is Nc1ncc(Cl)cc1C(=O)Cl. The molecule has 58 valence electrons. The Morgan fingerprint density at radius 2 is 2.27 bits per heavy atom. The zero-order valence-electron chi connectivity index (χ0n) is 5.34. The van der Waals surface area contributed by atoms with Gasteiger partial charge in [0.25, 0.3) is 5.24 Å². The number of pyridine rings is 1. The number of hydrogen-bond donors (Lipinski definition) is 1. The third-order valence-electron chi connectivity index (χ3n) is 1.10. The molecule has 1 aromatic rings. The number of hydrogen-bond acceptors (Lipinski definition) is 3. The van der Waals surface area contributed by atoms with Crippen molar-refractivity contribution >= 4 is 34.3 Å². The van der Waals surface area contributed by atoms with Gasteiger partial charge in [-0.3, -0.25) is 4.79 Å². The van der Waals surface area contributed by atoms with E-state index in [0.29, 0.717) is 5.02 Å². The van der Waals surface area contributed by atoms with Gasteiger partial charge in [-0.05, 0) is 17.7 Å². The molecule has 0 aromatic carbocycles. The number of nitrogens with zero attached hydrogens (tertiary/aromatic N) is 1. The van der Waals surface area contributed by atoms with Crippen LogP contribution >= 0.6 is 23.2 Å². The molecule has 1 rings (SSSR count). The highest BCUT2D eigenvalue weighted by Crippen LogP contribution is 2.16. The quantitative estimate of drug-likeness (QED) is 0.687. The first-order chi connectivity index (χ1) is 5.11. The fourth-order valence-electron chi connectivity index (χ4n) is 0.607. The summed E-state index contributed by atoms with van der Waals surface area (Å²) in [6, 6.07) is 1.37. The zero-order valence-corrected chi connectivity index (χ0v) is 6.86. The number of nitrogens with two attached hydrogens (primary N) is 1. The van der Waals surface area contributed by atoms with Crippen molar-refractivity contribution in [2.45, 2.75) is 0 Å². The van der Waals surface area contributed by atoms with Gasteiger partial charge >= 0.3 is 0 Å². The van der Waals surface area contributed by atoms with Crippen LogP contribution in [-0.2, 0) is 0 Å². The van der Waals surface area contributed by atoms with Crippen molar-refractivity contribution < 1.29 is 4.79 Å². The summed E-state index contributed by atoms with van der Waals surface area (Å²) in [5, 5.41) is -0.319. The molecule has 0 saturated carbocycles. The Morgan fingerprint density at radius 3 is 2.73 bits per heavy atom. The number of rotatable bonds is 1. The molecule has 0 aliphatic heterocycles. The highest BCUT2D eigenvalue weighted by atomic mass is 35.5. The molecule has 0 unspecified atom stereocenters. The summed E-state index contributed by atoms with van der Waals surface area (Å²) in [6.07, 6.45) is 1.35. The number of halogens is 2. The van der Waals surface area contributed by atoms with E-state index in [1.54, 1.807) is 0 Å². The van der Waals surface area contributed by atoms with Crippen molar-refractivity contribution in [3.05, 3.63) is 22.8 Å². The van der Waals surface area contributed by atoms with Crippen molar-refractivity contribution in [1.29, 1.82) is 0 Å². The van der Waals surface area contributed by atoms with E-state index in [0.717, 1.165) is 0 Å². The van der Waals surface area contributed by atoms with E-state index in [2.05, 4.69) is 4.98 Å². The standard InChI is InChI=1S/C6H4Cl2N2O/c7-3-1-4(5(8)11)6(9)10-2-3/h1-2H,(H2,9,10). The minimum Gasteiger partial charge on any atom is -0.383 e. The minimum absolute atomic E-state index is 0.0920. The maximum absolute atomic E-state index is 10.6. The molecule has 1 aromatic heterocycles. The molecule has 11 heavy (non-hydrogen) atoms. The van der Waals surface area contributed by atoms with Crippen LogP contribution in [0.25, 0.3) is 0 Å². The average molecular weight is 191 g/mol. The molecule has 0 fully saturated rings. The Labute approximate surface area is 73.1 Å². The van der Waals surface area contributed by atoms with Crippen LogP contribution < -0.4 is 5.73 Å². The predicted octanol–water partition coefficient (Wildman–Crippen LogP) is 1.70. The van der Waals surface area contributed by atoms with Crippen LogP contribution in [0.5, 0.6) is 0 Å². The highest BCUT2D eigenvalue weighted by Gasteiger charge is 2.07. The monoisotopic (exact) mass is 190 g/mol. The van der Waals surface area contributed by atoms with Crippen LogP contribution in [0.4, 0.5) is 5.82 Å². The van der Waals surface area contributed by atoms with Crippen molar-refractivity contribution in [1.82, 2.24) is 4.98 Å². The first-order valence-electron chi connectivity index (χ1n) is 2.72. The van der Waals surface area contributed by atoms with Gasteiger partial charge < -0.3 is 5.73 Å². The van der Waals surface area contributed by atoms with Crippen LogP contribution in [0.2, 0.25) is 5.02 Å². The van der Waals surface area contributed by atoms with Crippen molar-refractivity contribution in [2.24, 2.45) is 0 Å². The molecule has 5 heteroatoms. The Balaban J connectivity index is 3.23. The molecule has 0 amide bonds. The largest absolute Gasteiger partial charge is 0.383 e. The Hall–Kier alpha value is -0.800. The molecule has 0 spiro atoms. The van der Waals surface area contributed by atoms with Crippen molar-refractivity contribution in [3.63, 3.8) is 0 Å². The van der Waals surface area contributed by atoms with Crippen molar-refractivity contribution in [3.8, 4) is 0 Å². The van der Waals surface area contributed by atoms with Gasteiger partial charge in [0.05, 0.1) is 10.6 Å². The molecule has 0 atom stereocenters. The van der Waals surface area contributed by atoms with E-state index in [4.69, 9.17) is 28.9 Å². The van der Waals surface area contributed by atoms with E-state index < -0.39 is 5.24 Å². The summed E-state index contributed by atoms with van der Waals surface area (Å²) in [6.45, 7) is 0. The van der Waals surface area contributed by atoms with Gasteiger partial charge in [-0.2, -0.15) is 0 Å². The molecule has 0 bridgehead atoms. The highest BCUT2D eigenvalue weighted by molar-refractivity contribution is 6.68. The maximum Gasteiger partial charge on any atom is 0.256 e. The average Bonchev–Trinajstić information content (AvgIpc) is 1.94. The van der Waals surface area contributed by atoms with Crippen molar-refractivity contribution in [2.75, 3.05) is 5.73 Å². The van der Waals surface area contributed by atoms with Gasteiger partial charge in [-0.25, -0.2) is 4.98 Å². The zero-order chi connectivity index (χ0) is 8.43. The number of aromatic nitrogens is 1. The lowest BCUT2D eigenvalue weighted by Gasteiger charge is -1.97. The van der Waals surface area contributed by atoms with Gasteiger partial charge in [-0.1, -0.05) is 11.6 Å². The summed E-state index contributed by atoms with van der Waals surface area (Å²) >= 11 is 10.7. The topological polar surface area (TPSA) is 56.0 Å². The van der Waals surface area contributed by atoms with Crippen LogP contribution in [0.15, 0.2) is 12.3 Å². The molecule has 0 radical (unpaired) electrons. The van der Waals surface area contributed by atoms with Gasteiger partial charge in [0.1, 0.15) is 5.82 Å². The van der Waals surface area contributed by atoms with E-state index in [1.807, 2.05) is 0 Å². The smallest absolute Gasteiger partial charge is 0.256 e. The lowest BCUT2D eigenvalue weighted by atomic mass is 10.3. The fourth-order valence-corrected chi connectivity index (χ4v) is 0.917. The Morgan fingerprint density at radius 1 is 1.64 bits per heavy atom. The molecule has 0 aliphatic carbocycles. The number of carbonyl (C=O) groups excluding carboxylic acids is 1. The van der Waals surface area contributed by atoms with Gasteiger partial charge in [-0.15, -0.1) is 0 Å². The number of anilines is 1. The fraction of sp³-hybridized carbons (Fsp3) is 0. The number of carbonyl (C=O) groups is 1. The normalized spacial score (nSPS) is 9.64. The van der Waals surface area contributed by atoms with Gasteiger partial charge in [0, 0.05) is 6.20 Å².